The van der Waals surface area contributed by atoms with Gasteiger partial charge in [0.05, 0.1) is 0 Å². The molecule has 1 atom stereocenters. The first-order chi connectivity index (χ1) is 8.75. The summed E-state index contributed by atoms with van der Waals surface area (Å²) in [5.74, 6) is 0.651. The number of benzene rings is 2. The molecule has 0 aliphatic rings. The summed E-state index contributed by atoms with van der Waals surface area (Å²) in [6.07, 6.45) is 3.65. The van der Waals surface area contributed by atoms with Gasteiger partial charge >= 0.3 is 0 Å². The van der Waals surface area contributed by atoms with Gasteiger partial charge in [0.25, 0.3) is 0 Å². The van der Waals surface area contributed by atoms with Crippen LogP contribution in [0.2, 0.25) is 0 Å². The maximum absolute atomic E-state index is 3.52. The predicted molar refractivity (Wildman–Crippen MR) is 81.9 cm³/mol. The van der Waals surface area contributed by atoms with Gasteiger partial charge < -0.3 is 0 Å². The van der Waals surface area contributed by atoms with Crippen LogP contribution in [0.1, 0.15) is 36.8 Å². The van der Waals surface area contributed by atoms with Crippen molar-refractivity contribution in [2.75, 3.05) is 0 Å². The number of aryl methyl sites for hydroxylation is 1. The monoisotopic (exact) mass is 302 g/mol. The summed E-state index contributed by atoms with van der Waals surface area (Å²) in [6.45, 7) is 2.32. The Labute approximate surface area is 118 Å². The second kappa shape index (κ2) is 6.75. The van der Waals surface area contributed by atoms with Gasteiger partial charge in [-0.2, -0.15) is 0 Å². The Hall–Kier alpha value is -1.08. The average Bonchev–Trinajstić information content (AvgIpc) is 2.40. The third kappa shape index (κ3) is 3.99. The van der Waals surface area contributed by atoms with Crippen LogP contribution in [0.5, 0.6) is 0 Å². The fourth-order valence-corrected chi connectivity index (χ4v) is 2.70. The molecule has 2 aromatic rings. The van der Waals surface area contributed by atoms with Gasteiger partial charge in [-0.1, -0.05) is 65.3 Å². The maximum atomic E-state index is 3.52. The van der Waals surface area contributed by atoms with Crippen molar-refractivity contribution in [2.45, 2.75) is 32.1 Å². The van der Waals surface area contributed by atoms with Crippen molar-refractivity contribution in [1.29, 1.82) is 0 Å². The quantitative estimate of drug-likeness (QED) is 0.677. The van der Waals surface area contributed by atoms with Gasteiger partial charge in [-0.3, -0.25) is 0 Å². The summed E-state index contributed by atoms with van der Waals surface area (Å²) >= 11 is 3.52. The molecule has 1 heteroatoms. The highest BCUT2D eigenvalue weighted by Crippen LogP contribution is 2.22. The molecule has 0 spiro atoms. The van der Waals surface area contributed by atoms with Crippen molar-refractivity contribution >= 4 is 15.9 Å². The van der Waals surface area contributed by atoms with E-state index in [4.69, 9.17) is 0 Å². The molecule has 0 aromatic heterocycles. The molecule has 0 radical (unpaired) electrons. The Morgan fingerprint density at radius 1 is 1.00 bits per heavy atom. The van der Waals surface area contributed by atoms with Crippen LogP contribution < -0.4 is 0 Å². The Bertz CT molecular complexity index is 476. The van der Waals surface area contributed by atoms with E-state index in [1.807, 2.05) is 0 Å². The van der Waals surface area contributed by atoms with Gasteiger partial charge in [-0.05, 0) is 48.4 Å². The minimum atomic E-state index is 0.651. The van der Waals surface area contributed by atoms with E-state index >= 15 is 0 Å². The molecule has 2 aromatic carbocycles. The molecule has 0 N–H and O–H groups in total. The zero-order valence-electron chi connectivity index (χ0n) is 10.8. The van der Waals surface area contributed by atoms with E-state index in [-0.39, 0.29) is 0 Å². The number of rotatable bonds is 5. The molecular formula is C17H19Br. The van der Waals surface area contributed by atoms with Crippen molar-refractivity contribution in [2.24, 2.45) is 0 Å². The topological polar surface area (TPSA) is 0 Å². The fraction of sp³-hybridized carbons (Fsp3) is 0.294. The van der Waals surface area contributed by atoms with Crippen LogP contribution in [0.4, 0.5) is 0 Å². The third-order valence-corrected chi connectivity index (χ3v) is 3.85. The van der Waals surface area contributed by atoms with Crippen LogP contribution in [0.3, 0.4) is 0 Å². The van der Waals surface area contributed by atoms with Crippen LogP contribution in [0, 0.1) is 0 Å². The number of hydrogen-bond acceptors (Lipinski definition) is 0. The van der Waals surface area contributed by atoms with Gasteiger partial charge in [-0.25, -0.2) is 0 Å². The highest BCUT2D eigenvalue weighted by atomic mass is 79.9. The van der Waals surface area contributed by atoms with Gasteiger partial charge in [0, 0.05) is 4.47 Å². The zero-order valence-corrected chi connectivity index (χ0v) is 12.4. The first kappa shape index (κ1) is 13.4. The van der Waals surface area contributed by atoms with Crippen molar-refractivity contribution < 1.29 is 0 Å². The molecule has 0 nitrogen and oxygen atoms in total. The van der Waals surface area contributed by atoms with E-state index in [0.717, 1.165) is 6.42 Å². The van der Waals surface area contributed by atoms with Gasteiger partial charge in [0.15, 0.2) is 0 Å². The van der Waals surface area contributed by atoms with Crippen LogP contribution in [0.15, 0.2) is 59.1 Å². The summed E-state index contributed by atoms with van der Waals surface area (Å²) in [5.41, 5.74) is 2.87. The molecule has 0 saturated heterocycles. The van der Waals surface area contributed by atoms with E-state index in [1.54, 1.807) is 0 Å². The minimum absolute atomic E-state index is 0.651. The standard InChI is InChI=1S/C17H19Br/c1-14(16-10-3-2-4-11-16)7-5-8-15-9-6-12-17(18)13-15/h2-4,6,9-14H,5,7-8H2,1H3. The highest BCUT2D eigenvalue weighted by Gasteiger charge is 2.04. The van der Waals surface area contributed by atoms with Crippen LogP contribution in [0.25, 0.3) is 0 Å². The molecule has 0 aliphatic heterocycles. The molecule has 1 unspecified atom stereocenters. The van der Waals surface area contributed by atoms with E-state index in [1.165, 1.54) is 28.4 Å². The normalized spacial score (nSPS) is 12.3. The molecule has 0 heterocycles. The van der Waals surface area contributed by atoms with Crippen LogP contribution >= 0.6 is 15.9 Å². The van der Waals surface area contributed by atoms with Gasteiger partial charge in [0.1, 0.15) is 0 Å². The number of halogens is 1. The highest BCUT2D eigenvalue weighted by molar-refractivity contribution is 9.10. The lowest BCUT2D eigenvalue weighted by atomic mass is 9.94. The number of hydrogen-bond donors (Lipinski definition) is 0. The Morgan fingerprint density at radius 3 is 2.50 bits per heavy atom. The Morgan fingerprint density at radius 2 is 1.78 bits per heavy atom. The lowest BCUT2D eigenvalue weighted by molar-refractivity contribution is 0.633. The predicted octanol–water partition coefficient (Wildman–Crippen LogP) is 5.58. The smallest absolute Gasteiger partial charge is 0.0177 e. The first-order valence-corrected chi connectivity index (χ1v) is 7.34. The molecular weight excluding hydrogens is 284 g/mol. The largest absolute Gasteiger partial charge is 0.0622 e. The fourth-order valence-electron chi connectivity index (χ4n) is 2.25. The summed E-state index contributed by atoms with van der Waals surface area (Å²) in [4.78, 5) is 0. The van der Waals surface area contributed by atoms with E-state index < -0.39 is 0 Å². The maximum Gasteiger partial charge on any atom is 0.0177 e. The minimum Gasteiger partial charge on any atom is -0.0622 e. The van der Waals surface area contributed by atoms with Crippen molar-refractivity contribution in [3.8, 4) is 0 Å². The summed E-state index contributed by atoms with van der Waals surface area (Å²) in [6, 6.07) is 19.4. The van der Waals surface area contributed by atoms with Crippen molar-refractivity contribution in [3.05, 3.63) is 70.2 Å². The lowest BCUT2D eigenvalue weighted by Gasteiger charge is -2.11. The molecule has 0 amide bonds. The van der Waals surface area contributed by atoms with Gasteiger partial charge in [-0.15, -0.1) is 0 Å². The van der Waals surface area contributed by atoms with E-state index in [9.17, 15) is 0 Å². The first-order valence-electron chi connectivity index (χ1n) is 6.55. The van der Waals surface area contributed by atoms with E-state index in [0.29, 0.717) is 5.92 Å². The van der Waals surface area contributed by atoms with Crippen LogP contribution in [-0.2, 0) is 6.42 Å². The van der Waals surface area contributed by atoms with Crippen LogP contribution in [-0.4, -0.2) is 0 Å². The molecule has 0 bridgehead atoms. The van der Waals surface area contributed by atoms with E-state index in [2.05, 4.69) is 77.5 Å². The second-order valence-corrected chi connectivity index (χ2v) is 5.75. The average molecular weight is 303 g/mol. The molecule has 0 aliphatic carbocycles. The summed E-state index contributed by atoms with van der Waals surface area (Å²) < 4.78 is 1.18. The van der Waals surface area contributed by atoms with Gasteiger partial charge in [0.2, 0.25) is 0 Å². The summed E-state index contributed by atoms with van der Waals surface area (Å²) in [5, 5.41) is 0. The molecule has 2 rings (SSSR count). The summed E-state index contributed by atoms with van der Waals surface area (Å²) in [7, 11) is 0. The molecule has 94 valence electrons. The third-order valence-electron chi connectivity index (χ3n) is 3.36. The van der Waals surface area contributed by atoms with Crippen molar-refractivity contribution in [1.82, 2.24) is 0 Å². The second-order valence-electron chi connectivity index (χ2n) is 4.83. The van der Waals surface area contributed by atoms with Crippen molar-refractivity contribution in [3.63, 3.8) is 0 Å². The molecule has 18 heavy (non-hydrogen) atoms. The Balaban J connectivity index is 1.82. The molecule has 0 fully saturated rings. The zero-order chi connectivity index (χ0) is 12.8. The lowest BCUT2D eigenvalue weighted by Crippen LogP contribution is -1.95. The SMILES string of the molecule is CC(CCCc1cccc(Br)c1)c1ccccc1. The molecule has 0 saturated carbocycles. The Kier molecular flexibility index (Phi) is 5.00.